The SMILES string of the molecule is Cc1cc(C)n(Cc2ccc(C(=O)Nc3cc(C)nn3-c3cccc(Br)c3)cc2)n1. The van der Waals surface area contributed by atoms with E-state index in [2.05, 4.69) is 37.5 Å². The van der Waals surface area contributed by atoms with Crippen LogP contribution in [0.15, 0.2) is 65.1 Å². The van der Waals surface area contributed by atoms with Crippen molar-refractivity contribution in [3.05, 3.63) is 93.3 Å². The second-order valence-electron chi connectivity index (χ2n) is 7.30. The number of halogens is 1. The first-order valence-corrected chi connectivity index (χ1v) is 10.4. The summed E-state index contributed by atoms with van der Waals surface area (Å²) < 4.78 is 4.64. The molecule has 152 valence electrons. The highest BCUT2D eigenvalue weighted by Crippen LogP contribution is 2.21. The Kier molecular flexibility index (Phi) is 5.55. The van der Waals surface area contributed by atoms with Crippen molar-refractivity contribution in [3.63, 3.8) is 0 Å². The first-order chi connectivity index (χ1) is 14.4. The molecular formula is C23H22BrN5O. The summed E-state index contributed by atoms with van der Waals surface area (Å²) >= 11 is 3.48. The average molecular weight is 464 g/mol. The number of aromatic nitrogens is 4. The summed E-state index contributed by atoms with van der Waals surface area (Å²) in [5.74, 6) is 0.450. The van der Waals surface area contributed by atoms with Crippen molar-refractivity contribution in [2.24, 2.45) is 0 Å². The van der Waals surface area contributed by atoms with Crippen molar-refractivity contribution in [2.75, 3.05) is 5.32 Å². The number of hydrogen-bond acceptors (Lipinski definition) is 3. The first-order valence-electron chi connectivity index (χ1n) is 9.63. The Morgan fingerprint density at radius 2 is 1.70 bits per heavy atom. The summed E-state index contributed by atoms with van der Waals surface area (Å²) in [6, 6.07) is 19.3. The second kappa shape index (κ2) is 8.28. The van der Waals surface area contributed by atoms with E-state index >= 15 is 0 Å². The van der Waals surface area contributed by atoms with Crippen LogP contribution in [0.1, 0.15) is 33.0 Å². The molecule has 0 saturated carbocycles. The van der Waals surface area contributed by atoms with Crippen molar-refractivity contribution in [1.82, 2.24) is 19.6 Å². The zero-order chi connectivity index (χ0) is 21.3. The molecule has 2 aromatic carbocycles. The fraction of sp³-hybridized carbons (Fsp3) is 0.174. The lowest BCUT2D eigenvalue weighted by molar-refractivity contribution is 0.102. The van der Waals surface area contributed by atoms with Gasteiger partial charge in [0.2, 0.25) is 0 Å². The molecule has 4 rings (SSSR count). The maximum atomic E-state index is 12.8. The van der Waals surface area contributed by atoms with Gasteiger partial charge in [-0.05, 0) is 62.7 Å². The van der Waals surface area contributed by atoms with Crippen molar-refractivity contribution >= 4 is 27.7 Å². The Balaban J connectivity index is 1.51. The Hall–Kier alpha value is -3.19. The highest BCUT2D eigenvalue weighted by molar-refractivity contribution is 9.10. The van der Waals surface area contributed by atoms with Crippen LogP contribution in [-0.4, -0.2) is 25.5 Å². The lowest BCUT2D eigenvalue weighted by Gasteiger charge is -2.10. The lowest BCUT2D eigenvalue weighted by Crippen LogP contribution is -2.15. The van der Waals surface area contributed by atoms with E-state index in [1.807, 2.05) is 80.1 Å². The molecule has 7 heteroatoms. The Labute approximate surface area is 183 Å². The fourth-order valence-electron chi connectivity index (χ4n) is 3.35. The standard InChI is InChI=1S/C23H22BrN5O/c1-15-11-17(3)28(26-15)14-18-7-9-19(10-8-18)23(30)25-22-12-16(2)27-29(22)21-6-4-5-20(24)13-21/h4-13H,14H2,1-3H3,(H,25,30). The number of hydrogen-bond donors (Lipinski definition) is 1. The van der Waals surface area contributed by atoms with E-state index in [1.165, 1.54) is 0 Å². The predicted molar refractivity (Wildman–Crippen MR) is 121 cm³/mol. The fourth-order valence-corrected chi connectivity index (χ4v) is 3.74. The number of aryl methyl sites for hydroxylation is 3. The molecule has 1 amide bonds. The summed E-state index contributed by atoms with van der Waals surface area (Å²) in [4.78, 5) is 12.8. The molecule has 0 unspecified atom stereocenters. The van der Waals surface area contributed by atoms with Crippen LogP contribution >= 0.6 is 15.9 Å². The highest BCUT2D eigenvalue weighted by atomic mass is 79.9. The molecule has 0 atom stereocenters. The number of nitrogens with zero attached hydrogens (tertiary/aromatic N) is 4. The summed E-state index contributed by atoms with van der Waals surface area (Å²) in [7, 11) is 0. The third kappa shape index (κ3) is 4.36. The highest BCUT2D eigenvalue weighted by Gasteiger charge is 2.13. The molecule has 30 heavy (non-hydrogen) atoms. The van der Waals surface area contributed by atoms with Gasteiger partial charge < -0.3 is 5.32 Å². The minimum atomic E-state index is -0.177. The van der Waals surface area contributed by atoms with E-state index in [0.717, 1.165) is 32.8 Å². The monoisotopic (exact) mass is 463 g/mol. The summed E-state index contributed by atoms with van der Waals surface area (Å²) in [5, 5.41) is 12.0. The Morgan fingerprint density at radius 3 is 2.37 bits per heavy atom. The molecule has 0 aliphatic rings. The van der Waals surface area contributed by atoms with Gasteiger partial charge >= 0.3 is 0 Å². The van der Waals surface area contributed by atoms with Gasteiger partial charge in [0.1, 0.15) is 5.82 Å². The van der Waals surface area contributed by atoms with Gasteiger partial charge in [0.05, 0.1) is 23.6 Å². The molecule has 0 radical (unpaired) electrons. The van der Waals surface area contributed by atoms with Gasteiger partial charge in [-0.3, -0.25) is 9.48 Å². The van der Waals surface area contributed by atoms with Gasteiger partial charge in [-0.25, -0.2) is 4.68 Å². The maximum Gasteiger partial charge on any atom is 0.256 e. The quantitative estimate of drug-likeness (QED) is 0.449. The molecule has 0 saturated heterocycles. The van der Waals surface area contributed by atoms with Crippen molar-refractivity contribution in [1.29, 1.82) is 0 Å². The van der Waals surface area contributed by atoms with Crippen LogP contribution in [0.4, 0.5) is 5.82 Å². The van der Waals surface area contributed by atoms with Gasteiger partial charge in [0.15, 0.2) is 0 Å². The number of carbonyl (C=O) groups excluding carboxylic acids is 1. The lowest BCUT2D eigenvalue weighted by atomic mass is 10.1. The number of nitrogens with one attached hydrogen (secondary N) is 1. The van der Waals surface area contributed by atoms with Crippen LogP contribution in [0, 0.1) is 20.8 Å². The van der Waals surface area contributed by atoms with Crippen LogP contribution in [0.5, 0.6) is 0 Å². The molecule has 1 N–H and O–H groups in total. The van der Waals surface area contributed by atoms with E-state index in [0.29, 0.717) is 17.9 Å². The number of benzene rings is 2. The van der Waals surface area contributed by atoms with Crippen LogP contribution in [0.25, 0.3) is 5.69 Å². The molecule has 0 aliphatic carbocycles. The maximum absolute atomic E-state index is 12.8. The molecule has 0 bridgehead atoms. The smallest absolute Gasteiger partial charge is 0.256 e. The van der Waals surface area contributed by atoms with Crippen LogP contribution < -0.4 is 5.32 Å². The van der Waals surface area contributed by atoms with E-state index in [9.17, 15) is 4.79 Å². The zero-order valence-corrected chi connectivity index (χ0v) is 18.6. The molecule has 4 aromatic rings. The van der Waals surface area contributed by atoms with E-state index in [1.54, 1.807) is 4.68 Å². The van der Waals surface area contributed by atoms with E-state index < -0.39 is 0 Å². The first kappa shape index (κ1) is 20.1. The predicted octanol–water partition coefficient (Wildman–Crippen LogP) is 5.06. The van der Waals surface area contributed by atoms with Gasteiger partial charge in [0.25, 0.3) is 5.91 Å². The van der Waals surface area contributed by atoms with Crippen LogP contribution in [0.3, 0.4) is 0 Å². The summed E-state index contributed by atoms with van der Waals surface area (Å²) in [6.45, 7) is 6.60. The average Bonchev–Trinajstić information content (AvgIpc) is 3.23. The molecule has 0 spiro atoms. The van der Waals surface area contributed by atoms with Crippen molar-refractivity contribution in [3.8, 4) is 5.69 Å². The van der Waals surface area contributed by atoms with Crippen molar-refractivity contribution < 1.29 is 4.79 Å². The van der Waals surface area contributed by atoms with E-state index in [4.69, 9.17) is 0 Å². The molecule has 2 aromatic heterocycles. The minimum absolute atomic E-state index is 0.177. The molecule has 0 aliphatic heterocycles. The molecule has 2 heterocycles. The van der Waals surface area contributed by atoms with Crippen LogP contribution in [0.2, 0.25) is 0 Å². The largest absolute Gasteiger partial charge is 0.306 e. The normalized spacial score (nSPS) is 10.9. The molecular weight excluding hydrogens is 442 g/mol. The zero-order valence-electron chi connectivity index (χ0n) is 17.1. The number of carbonyl (C=O) groups is 1. The topological polar surface area (TPSA) is 64.7 Å². The number of amides is 1. The van der Waals surface area contributed by atoms with Gasteiger partial charge in [-0.1, -0.05) is 34.1 Å². The third-order valence-corrected chi connectivity index (χ3v) is 5.27. The second-order valence-corrected chi connectivity index (χ2v) is 8.21. The van der Waals surface area contributed by atoms with E-state index in [-0.39, 0.29) is 5.91 Å². The Morgan fingerprint density at radius 1 is 0.967 bits per heavy atom. The number of rotatable bonds is 5. The third-order valence-electron chi connectivity index (χ3n) is 4.78. The molecule has 6 nitrogen and oxygen atoms in total. The summed E-state index contributed by atoms with van der Waals surface area (Å²) in [5.41, 5.74) is 5.49. The van der Waals surface area contributed by atoms with Gasteiger partial charge in [0, 0.05) is 21.8 Å². The number of anilines is 1. The van der Waals surface area contributed by atoms with Gasteiger partial charge in [-0.15, -0.1) is 0 Å². The van der Waals surface area contributed by atoms with Crippen LogP contribution in [-0.2, 0) is 6.54 Å². The molecule has 0 fully saturated rings. The van der Waals surface area contributed by atoms with Crippen molar-refractivity contribution in [2.45, 2.75) is 27.3 Å². The summed E-state index contributed by atoms with van der Waals surface area (Å²) in [6.07, 6.45) is 0. The Bertz CT molecular complexity index is 1210. The van der Waals surface area contributed by atoms with Gasteiger partial charge in [-0.2, -0.15) is 10.2 Å². The minimum Gasteiger partial charge on any atom is -0.306 e.